The van der Waals surface area contributed by atoms with Crippen LogP contribution in [0.3, 0.4) is 0 Å². The summed E-state index contributed by atoms with van der Waals surface area (Å²) in [7, 11) is 0. The van der Waals surface area contributed by atoms with Crippen molar-refractivity contribution in [3.05, 3.63) is 90.0 Å². The van der Waals surface area contributed by atoms with Crippen LogP contribution in [0.5, 0.6) is 11.5 Å². The fourth-order valence-corrected chi connectivity index (χ4v) is 4.04. The predicted molar refractivity (Wildman–Crippen MR) is 113 cm³/mol. The molecular formula is C24H19F3N2O2. The van der Waals surface area contributed by atoms with E-state index in [0.717, 1.165) is 34.0 Å². The third-order valence-corrected chi connectivity index (χ3v) is 5.35. The lowest BCUT2D eigenvalue weighted by atomic mass is 9.98. The van der Waals surface area contributed by atoms with Gasteiger partial charge in [-0.15, -0.1) is 13.2 Å². The lowest BCUT2D eigenvalue weighted by Gasteiger charge is -2.43. The molecule has 4 nitrogen and oxygen atoms in total. The molecule has 0 saturated heterocycles. The van der Waals surface area contributed by atoms with Crippen molar-refractivity contribution in [2.45, 2.75) is 6.36 Å². The second-order valence-corrected chi connectivity index (χ2v) is 7.38. The Morgan fingerprint density at radius 1 is 0.806 bits per heavy atom. The van der Waals surface area contributed by atoms with Crippen molar-refractivity contribution in [2.75, 3.05) is 29.6 Å². The molecule has 0 atom stereocenters. The summed E-state index contributed by atoms with van der Waals surface area (Å²) < 4.78 is 47.7. The molecule has 0 bridgehead atoms. The Balaban J connectivity index is 1.56. The number of halogens is 3. The summed E-state index contributed by atoms with van der Waals surface area (Å²) in [6, 6.07) is 23.8. The van der Waals surface area contributed by atoms with Crippen molar-refractivity contribution < 1.29 is 22.6 Å². The summed E-state index contributed by atoms with van der Waals surface area (Å²) in [5.74, 6) is 0.561. The molecule has 5 rings (SSSR count). The van der Waals surface area contributed by atoms with Gasteiger partial charge in [0.15, 0.2) is 0 Å². The average molecular weight is 424 g/mol. The van der Waals surface area contributed by atoms with E-state index in [4.69, 9.17) is 4.74 Å². The maximum absolute atomic E-state index is 12.6. The highest BCUT2D eigenvalue weighted by molar-refractivity contribution is 5.87. The van der Waals surface area contributed by atoms with Crippen LogP contribution in [0.2, 0.25) is 0 Å². The third kappa shape index (κ3) is 3.91. The number of nitrogens with zero attached hydrogens (tertiary/aromatic N) is 2. The van der Waals surface area contributed by atoms with Crippen LogP contribution in [0.1, 0.15) is 5.56 Å². The number of ether oxygens (including phenoxy) is 2. The summed E-state index contributed by atoms with van der Waals surface area (Å²) in [5, 5.41) is 0. The van der Waals surface area contributed by atoms with E-state index < -0.39 is 6.36 Å². The Morgan fingerprint density at radius 2 is 1.52 bits per heavy atom. The second-order valence-electron chi connectivity index (χ2n) is 7.38. The molecule has 0 spiro atoms. The standard InChI is InChI=1S/C24H19F3N2O2/c25-24(26,27)31-20-12-10-19(11-13-20)29-16-28(18-6-2-1-3-7-18)14-17-15-30-22-9-5-4-8-21(22)23(17)29/h1-13H,14-16H2. The van der Waals surface area contributed by atoms with Crippen molar-refractivity contribution in [3.63, 3.8) is 0 Å². The second kappa shape index (κ2) is 7.58. The van der Waals surface area contributed by atoms with Crippen LogP contribution in [-0.2, 0) is 0 Å². The van der Waals surface area contributed by atoms with Crippen molar-refractivity contribution in [2.24, 2.45) is 0 Å². The fraction of sp³-hybridized carbons (Fsp3) is 0.167. The van der Waals surface area contributed by atoms with Crippen LogP contribution in [0.15, 0.2) is 84.4 Å². The molecule has 3 aromatic rings. The topological polar surface area (TPSA) is 24.9 Å². The molecule has 0 unspecified atom stereocenters. The smallest absolute Gasteiger partial charge is 0.488 e. The number of hydrogen-bond donors (Lipinski definition) is 0. The van der Waals surface area contributed by atoms with E-state index in [1.54, 1.807) is 12.1 Å². The van der Waals surface area contributed by atoms with E-state index >= 15 is 0 Å². The highest BCUT2D eigenvalue weighted by atomic mass is 19.4. The van der Waals surface area contributed by atoms with Gasteiger partial charge in [-0.25, -0.2) is 0 Å². The van der Waals surface area contributed by atoms with Gasteiger partial charge in [0.25, 0.3) is 0 Å². The van der Waals surface area contributed by atoms with Crippen LogP contribution >= 0.6 is 0 Å². The van der Waals surface area contributed by atoms with Gasteiger partial charge in [-0.2, -0.15) is 0 Å². The Kier molecular flexibility index (Phi) is 4.73. The Morgan fingerprint density at radius 3 is 2.26 bits per heavy atom. The number of benzene rings is 3. The first-order valence-corrected chi connectivity index (χ1v) is 9.85. The molecule has 0 aromatic heterocycles. The van der Waals surface area contributed by atoms with Crippen molar-refractivity contribution in [1.82, 2.24) is 0 Å². The summed E-state index contributed by atoms with van der Waals surface area (Å²) in [6.45, 7) is 1.72. The molecule has 31 heavy (non-hydrogen) atoms. The Hall–Kier alpha value is -3.61. The monoisotopic (exact) mass is 424 g/mol. The van der Waals surface area contributed by atoms with Crippen LogP contribution < -0.4 is 19.3 Å². The third-order valence-electron chi connectivity index (χ3n) is 5.35. The van der Waals surface area contributed by atoms with E-state index in [-0.39, 0.29) is 5.75 Å². The van der Waals surface area contributed by atoms with Crippen LogP contribution in [0.25, 0.3) is 5.70 Å². The van der Waals surface area contributed by atoms with Gasteiger partial charge in [-0.3, -0.25) is 0 Å². The Labute approximate surface area is 177 Å². The maximum atomic E-state index is 12.6. The van der Waals surface area contributed by atoms with E-state index in [1.807, 2.05) is 54.6 Å². The molecule has 2 aliphatic heterocycles. The number of anilines is 2. The minimum atomic E-state index is -4.72. The van der Waals surface area contributed by atoms with Gasteiger partial charge in [-0.1, -0.05) is 30.3 Å². The first-order valence-electron chi connectivity index (χ1n) is 9.85. The molecule has 0 N–H and O–H groups in total. The first kappa shape index (κ1) is 19.4. The van der Waals surface area contributed by atoms with Gasteiger partial charge in [0.05, 0.1) is 12.4 Å². The molecule has 0 amide bonds. The quantitative estimate of drug-likeness (QED) is 0.541. The maximum Gasteiger partial charge on any atom is 0.573 e. The zero-order chi connectivity index (χ0) is 21.4. The minimum absolute atomic E-state index is 0.241. The van der Waals surface area contributed by atoms with Crippen molar-refractivity contribution >= 4 is 17.1 Å². The number of hydrogen-bond acceptors (Lipinski definition) is 4. The van der Waals surface area contributed by atoms with E-state index in [9.17, 15) is 13.2 Å². The lowest BCUT2D eigenvalue weighted by Crippen LogP contribution is -2.45. The zero-order valence-corrected chi connectivity index (χ0v) is 16.5. The summed E-state index contributed by atoms with van der Waals surface area (Å²) in [5.41, 5.74) is 4.98. The van der Waals surface area contributed by atoms with Crippen molar-refractivity contribution in [3.8, 4) is 11.5 Å². The van der Waals surface area contributed by atoms with Gasteiger partial charge in [0.2, 0.25) is 0 Å². The van der Waals surface area contributed by atoms with Crippen LogP contribution in [0, 0.1) is 0 Å². The first-order chi connectivity index (χ1) is 15.0. The highest BCUT2D eigenvalue weighted by Gasteiger charge is 2.33. The number of rotatable bonds is 3. The normalized spacial score (nSPS) is 15.8. The SMILES string of the molecule is FC(F)(F)Oc1ccc(N2CN(c3ccccc3)CC3=C2c2ccccc2OC3)cc1. The predicted octanol–water partition coefficient (Wildman–Crippen LogP) is 5.67. The van der Waals surface area contributed by atoms with E-state index in [0.29, 0.717) is 19.8 Å². The molecule has 0 aliphatic carbocycles. The largest absolute Gasteiger partial charge is 0.573 e. The number of fused-ring (bicyclic) bond motifs is 2. The van der Waals surface area contributed by atoms with Gasteiger partial charge < -0.3 is 19.3 Å². The molecule has 0 saturated carbocycles. The molecule has 0 radical (unpaired) electrons. The lowest BCUT2D eigenvalue weighted by molar-refractivity contribution is -0.274. The van der Waals surface area contributed by atoms with Crippen LogP contribution in [-0.4, -0.2) is 26.2 Å². The van der Waals surface area contributed by atoms with Gasteiger partial charge in [0, 0.05) is 29.1 Å². The summed E-state index contributed by atoms with van der Waals surface area (Å²) in [6.07, 6.45) is -4.72. The molecule has 158 valence electrons. The number of alkyl halides is 3. The minimum Gasteiger partial charge on any atom is -0.488 e. The van der Waals surface area contributed by atoms with Gasteiger partial charge in [-0.05, 0) is 48.5 Å². The molecule has 2 aliphatic rings. The highest BCUT2D eigenvalue weighted by Crippen LogP contribution is 2.41. The average Bonchev–Trinajstić information content (AvgIpc) is 2.78. The Bertz CT molecular complexity index is 1110. The molecule has 0 fully saturated rings. The molecule has 7 heteroatoms. The van der Waals surface area contributed by atoms with Crippen LogP contribution in [0.4, 0.5) is 24.5 Å². The molecule has 2 heterocycles. The van der Waals surface area contributed by atoms with Gasteiger partial charge >= 0.3 is 6.36 Å². The summed E-state index contributed by atoms with van der Waals surface area (Å²) in [4.78, 5) is 4.33. The molecule has 3 aromatic carbocycles. The number of para-hydroxylation sites is 2. The van der Waals surface area contributed by atoms with E-state index in [1.165, 1.54) is 12.1 Å². The molecular weight excluding hydrogens is 405 g/mol. The van der Waals surface area contributed by atoms with Gasteiger partial charge in [0.1, 0.15) is 18.1 Å². The fourth-order valence-electron chi connectivity index (χ4n) is 4.04. The zero-order valence-electron chi connectivity index (χ0n) is 16.5. The van der Waals surface area contributed by atoms with Crippen molar-refractivity contribution in [1.29, 1.82) is 0 Å². The van der Waals surface area contributed by atoms with E-state index in [2.05, 4.69) is 14.5 Å². The summed E-state index contributed by atoms with van der Waals surface area (Å²) >= 11 is 0.